The first-order chi connectivity index (χ1) is 12.1. The van der Waals surface area contributed by atoms with E-state index >= 15 is 0 Å². The molecule has 2 amide bonds. The van der Waals surface area contributed by atoms with E-state index in [0.717, 1.165) is 31.2 Å². The van der Waals surface area contributed by atoms with E-state index in [1.54, 1.807) is 12.1 Å². The molecule has 2 N–H and O–H groups in total. The topological polar surface area (TPSA) is 71.1 Å². The zero-order chi connectivity index (χ0) is 17.6. The van der Waals surface area contributed by atoms with E-state index in [9.17, 15) is 9.59 Å². The zero-order valence-electron chi connectivity index (χ0n) is 13.8. The molecule has 1 saturated carbocycles. The Labute approximate surface area is 151 Å². The first-order valence-electron chi connectivity index (χ1n) is 8.41. The molecule has 0 saturated heterocycles. The molecule has 0 aliphatic heterocycles. The van der Waals surface area contributed by atoms with Crippen molar-refractivity contribution in [3.63, 3.8) is 0 Å². The summed E-state index contributed by atoms with van der Waals surface area (Å²) in [5.41, 5.74) is 1.59. The lowest BCUT2D eigenvalue weighted by Gasteiger charge is -2.12. The minimum atomic E-state index is -0.289. The molecule has 5 nitrogen and oxygen atoms in total. The van der Waals surface area contributed by atoms with Gasteiger partial charge in [0.1, 0.15) is 0 Å². The van der Waals surface area contributed by atoms with Crippen LogP contribution in [0, 0.1) is 0 Å². The quantitative estimate of drug-likeness (QED) is 0.862. The van der Waals surface area contributed by atoms with Gasteiger partial charge in [-0.1, -0.05) is 42.6 Å². The molecule has 2 aromatic rings. The highest BCUT2D eigenvalue weighted by atomic mass is 35.5. The van der Waals surface area contributed by atoms with Gasteiger partial charge in [0.05, 0.1) is 11.1 Å². The maximum Gasteiger partial charge on any atom is 0.253 e. The fraction of sp³-hybridized carbons (Fsp3) is 0.316. The first-order valence-corrected chi connectivity index (χ1v) is 8.79. The van der Waals surface area contributed by atoms with Crippen molar-refractivity contribution in [3.8, 4) is 0 Å². The molecular weight excluding hydrogens is 338 g/mol. The molecule has 1 aromatic heterocycles. The molecule has 25 heavy (non-hydrogen) atoms. The van der Waals surface area contributed by atoms with Gasteiger partial charge in [-0.2, -0.15) is 0 Å². The van der Waals surface area contributed by atoms with E-state index in [0.29, 0.717) is 22.7 Å². The second kappa shape index (κ2) is 8.12. The number of benzene rings is 1. The molecule has 1 fully saturated rings. The lowest BCUT2D eigenvalue weighted by Crippen LogP contribution is -2.33. The Morgan fingerprint density at radius 1 is 1.08 bits per heavy atom. The van der Waals surface area contributed by atoms with Crippen LogP contribution in [0.4, 0.5) is 0 Å². The normalized spacial score (nSPS) is 14.3. The van der Waals surface area contributed by atoms with Crippen molar-refractivity contribution < 1.29 is 9.59 Å². The number of hydrogen-bond acceptors (Lipinski definition) is 3. The van der Waals surface area contributed by atoms with Gasteiger partial charge in [0, 0.05) is 30.0 Å². The summed E-state index contributed by atoms with van der Waals surface area (Å²) in [7, 11) is 0. The van der Waals surface area contributed by atoms with Gasteiger partial charge < -0.3 is 10.6 Å². The van der Waals surface area contributed by atoms with Crippen molar-refractivity contribution in [2.45, 2.75) is 38.3 Å². The Morgan fingerprint density at radius 3 is 2.48 bits per heavy atom. The lowest BCUT2D eigenvalue weighted by atomic mass is 10.1. The van der Waals surface area contributed by atoms with Crippen LogP contribution in [0.2, 0.25) is 5.02 Å². The summed E-state index contributed by atoms with van der Waals surface area (Å²) in [5, 5.41) is 6.40. The zero-order valence-corrected chi connectivity index (χ0v) is 14.6. The molecule has 1 aliphatic carbocycles. The van der Waals surface area contributed by atoms with Gasteiger partial charge in [-0.15, -0.1) is 0 Å². The largest absolute Gasteiger partial charge is 0.349 e. The van der Waals surface area contributed by atoms with Crippen molar-refractivity contribution in [2.24, 2.45) is 0 Å². The molecule has 0 radical (unpaired) electrons. The minimum Gasteiger partial charge on any atom is -0.349 e. The summed E-state index contributed by atoms with van der Waals surface area (Å²) < 4.78 is 0. The minimum absolute atomic E-state index is 0.180. The molecule has 1 aliphatic rings. The predicted octanol–water partition coefficient (Wildman–Crippen LogP) is 3.34. The molecular formula is C19H20ClN3O2. The second-order valence-electron chi connectivity index (χ2n) is 6.19. The number of nitrogens with zero attached hydrogens (tertiary/aromatic N) is 1. The summed E-state index contributed by atoms with van der Waals surface area (Å²) in [5.74, 6) is -0.469. The van der Waals surface area contributed by atoms with Crippen LogP contribution in [0.25, 0.3) is 0 Å². The first kappa shape index (κ1) is 17.4. The summed E-state index contributed by atoms with van der Waals surface area (Å²) in [6.45, 7) is 0.316. The molecule has 0 bridgehead atoms. The fourth-order valence-corrected chi connectivity index (χ4v) is 3.15. The Hall–Kier alpha value is -2.40. The van der Waals surface area contributed by atoms with Crippen molar-refractivity contribution >= 4 is 23.4 Å². The standard InChI is InChI=1S/C19H20ClN3O2/c20-17-8-4-1-5-13(17)12-22-18(24)14-9-15(11-21-10-14)19(25)23-16-6-2-3-7-16/h1,4-5,8-11,16H,2-3,6-7,12H2,(H,22,24)(H,23,25). The third-order valence-electron chi connectivity index (χ3n) is 4.35. The van der Waals surface area contributed by atoms with E-state index in [2.05, 4.69) is 15.6 Å². The van der Waals surface area contributed by atoms with Gasteiger partial charge in [0.2, 0.25) is 0 Å². The van der Waals surface area contributed by atoms with E-state index in [-0.39, 0.29) is 17.9 Å². The van der Waals surface area contributed by atoms with Crippen LogP contribution in [-0.2, 0) is 6.54 Å². The van der Waals surface area contributed by atoms with E-state index in [1.165, 1.54) is 12.4 Å². The molecule has 3 rings (SSSR count). The molecule has 6 heteroatoms. The average molecular weight is 358 g/mol. The van der Waals surface area contributed by atoms with E-state index < -0.39 is 0 Å². The van der Waals surface area contributed by atoms with Crippen LogP contribution in [0.15, 0.2) is 42.7 Å². The number of aromatic nitrogens is 1. The van der Waals surface area contributed by atoms with Crippen LogP contribution in [0.1, 0.15) is 52.0 Å². The number of halogens is 1. The number of pyridine rings is 1. The van der Waals surface area contributed by atoms with Crippen LogP contribution < -0.4 is 10.6 Å². The SMILES string of the molecule is O=C(NCc1ccccc1Cl)c1cncc(C(=O)NC2CCCC2)c1. The van der Waals surface area contributed by atoms with Gasteiger partial charge in [0.15, 0.2) is 0 Å². The maximum absolute atomic E-state index is 12.3. The number of amides is 2. The highest BCUT2D eigenvalue weighted by molar-refractivity contribution is 6.31. The lowest BCUT2D eigenvalue weighted by molar-refractivity contribution is 0.0937. The predicted molar refractivity (Wildman–Crippen MR) is 96.6 cm³/mol. The summed E-state index contributed by atoms with van der Waals surface area (Å²) in [6, 6.07) is 9.13. The third-order valence-corrected chi connectivity index (χ3v) is 4.72. The highest BCUT2D eigenvalue weighted by Gasteiger charge is 2.19. The highest BCUT2D eigenvalue weighted by Crippen LogP contribution is 2.18. The second-order valence-corrected chi connectivity index (χ2v) is 6.60. The van der Waals surface area contributed by atoms with Crippen LogP contribution in [-0.4, -0.2) is 22.8 Å². The Morgan fingerprint density at radius 2 is 1.76 bits per heavy atom. The van der Waals surface area contributed by atoms with Gasteiger partial charge in [0.25, 0.3) is 11.8 Å². The van der Waals surface area contributed by atoms with E-state index in [1.807, 2.05) is 18.2 Å². The van der Waals surface area contributed by atoms with Crippen molar-refractivity contribution in [1.82, 2.24) is 15.6 Å². The van der Waals surface area contributed by atoms with Crippen LogP contribution >= 0.6 is 11.6 Å². The summed E-state index contributed by atoms with van der Waals surface area (Å²) in [4.78, 5) is 28.6. The molecule has 0 spiro atoms. The molecule has 0 unspecified atom stereocenters. The molecule has 130 valence electrons. The monoisotopic (exact) mass is 357 g/mol. The van der Waals surface area contributed by atoms with Crippen molar-refractivity contribution in [2.75, 3.05) is 0 Å². The third kappa shape index (κ3) is 4.57. The van der Waals surface area contributed by atoms with Gasteiger partial charge in [-0.3, -0.25) is 14.6 Å². The number of nitrogens with one attached hydrogen (secondary N) is 2. The Balaban J connectivity index is 1.63. The van der Waals surface area contributed by atoms with Crippen LogP contribution in [0.3, 0.4) is 0 Å². The van der Waals surface area contributed by atoms with Gasteiger partial charge in [-0.25, -0.2) is 0 Å². The number of carbonyl (C=O) groups is 2. The van der Waals surface area contributed by atoms with Crippen molar-refractivity contribution in [1.29, 1.82) is 0 Å². The Kier molecular flexibility index (Phi) is 5.66. The fourth-order valence-electron chi connectivity index (χ4n) is 2.95. The smallest absolute Gasteiger partial charge is 0.253 e. The number of rotatable bonds is 5. The summed E-state index contributed by atoms with van der Waals surface area (Å²) >= 11 is 6.08. The molecule has 0 atom stereocenters. The van der Waals surface area contributed by atoms with Crippen LogP contribution in [0.5, 0.6) is 0 Å². The molecule has 1 aromatic carbocycles. The maximum atomic E-state index is 12.3. The number of carbonyl (C=O) groups excluding carboxylic acids is 2. The van der Waals surface area contributed by atoms with Gasteiger partial charge in [-0.05, 0) is 30.5 Å². The Bertz CT molecular complexity index is 773. The summed E-state index contributed by atoms with van der Waals surface area (Å²) in [6.07, 6.45) is 7.25. The number of hydrogen-bond donors (Lipinski definition) is 2. The average Bonchev–Trinajstić information content (AvgIpc) is 3.14. The van der Waals surface area contributed by atoms with Gasteiger partial charge >= 0.3 is 0 Å². The van der Waals surface area contributed by atoms with E-state index in [4.69, 9.17) is 11.6 Å². The van der Waals surface area contributed by atoms with Crippen molar-refractivity contribution in [3.05, 3.63) is 64.4 Å². The molecule has 1 heterocycles.